The lowest BCUT2D eigenvalue weighted by Crippen LogP contribution is -2.31. The van der Waals surface area contributed by atoms with Gasteiger partial charge in [-0.25, -0.2) is 0 Å². The van der Waals surface area contributed by atoms with Crippen molar-refractivity contribution in [2.45, 2.75) is 32.2 Å². The number of aromatic nitrogens is 2. The van der Waals surface area contributed by atoms with E-state index >= 15 is 0 Å². The number of rotatable bonds is 2. The topological polar surface area (TPSA) is 60.1 Å². The fraction of sp³-hybridized carbons (Fsp3) is 0.429. The van der Waals surface area contributed by atoms with Crippen LogP contribution in [0.5, 0.6) is 0 Å². The lowest BCUT2D eigenvalue weighted by Gasteiger charge is -2.23. The van der Waals surface area contributed by atoms with Crippen LogP contribution in [0.15, 0.2) is 22.9 Å². The Morgan fingerprint density at radius 2 is 2.42 bits per heavy atom. The van der Waals surface area contributed by atoms with Crippen LogP contribution in [-0.2, 0) is 13.5 Å². The second kappa shape index (κ2) is 4.57. The number of hydrogen-bond donors (Lipinski definition) is 1. The third-order valence-electron chi connectivity index (χ3n) is 3.78. The van der Waals surface area contributed by atoms with Gasteiger partial charge < -0.3 is 9.73 Å². The van der Waals surface area contributed by atoms with E-state index in [-0.39, 0.29) is 11.9 Å². The van der Waals surface area contributed by atoms with Gasteiger partial charge in [-0.1, -0.05) is 0 Å². The van der Waals surface area contributed by atoms with Gasteiger partial charge in [0.2, 0.25) is 0 Å². The van der Waals surface area contributed by atoms with Gasteiger partial charge in [0.15, 0.2) is 0 Å². The largest absolute Gasteiger partial charge is 0.469 e. The minimum atomic E-state index is -0.0760. The zero-order valence-corrected chi connectivity index (χ0v) is 11.1. The van der Waals surface area contributed by atoms with E-state index in [1.165, 1.54) is 5.69 Å². The molecule has 1 atom stereocenters. The number of fused-ring (bicyclic) bond motifs is 1. The maximum Gasteiger partial charge on any atom is 0.255 e. The minimum Gasteiger partial charge on any atom is -0.469 e. The summed E-state index contributed by atoms with van der Waals surface area (Å²) < 4.78 is 7.07. The third-order valence-corrected chi connectivity index (χ3v) is 3.78. The molecule has 2 aromatic rings. The van der Waals surface area contributed by atoms with Crippen molar-refractivity contribution in [1.82, 2.24) is 15.1 Å². The van der Waals surface area contributed by atoms with Gasteiger partial charge >= 0.3 is 0 Å². The summed E-state index contributed by atoms with van der Waals surface area (Å²) in [4.78, 5) is 12.2. The van der Waals surface area contributed by atoms with E-state index in [0.717, 1.165) is 24.8 Å². The summed E-state index contributed by atoms with van der Waals surface area (Å²) in [6, 6.07) is 1.76. The first-order valence-electron chi connectivity index (χ1n) is 6.52. The second-order valence-electron chi connectivity index (χ2n) is 4.98. The summed E-state index contributed by atoms with van der Waals surface area (Å²) in [5.41, 5.74) is 2.97. The maximum absolute atomic E-state index is 12.2. The van der Waals surface area contributed by atoms with E-state index in [2.05, 4.69) is 10.4 Å². The lowest BCUT2D eigenvalue weighted by atomic mass is 9.93. The molecule has 1 unspecified atom stereocenters. The Balaban J connectivity index is 1.82. The van der Waals surface area contributed by atoms with Gasteiger partial charge in [-0.3, -0.25) is 9.48 Å². The summed E-state index contributed by atoms with van der Waals surface area (Å²) >= 11 is 0. The van der Waals surface area contributed by atoms with Gasteiger partial charge in [0.05, 0.1) is 24.1 Å². The number of carbonyl (C=O) groups excluding carboxylic acids is 1. The normalized spacial score (nSPS) is 18.1. The van der Waals surface area contributed by atoms with Gasteiger partial charge in [0.25, 0.3) is 5.91 Å². The van der Waals surface area contributed by atoms with Crippen molar-refractivity contribution in [3.05, 3.63) is 41.1 Å². The summed E-state index contributed by atoms with van der Waals surface area (Å²) in [7, 11) is 1.95. The molecule has 0 radical (unpaired) electrons. The van der Waals surface area contributed by atoms with Crippen LogP contribution in [-0.4, -0.2) is 15.7 Å². The fourth-order valence-electron chi connectivity index (χ4n) is 2.71. The Morgan fingerprint density at radius 1 is 1.58 bits per heavy atom. The van der Waals surface area contributed by atoms with Crippen molar-refractivity contribution >= 4 is 5.91 Å². The Hall–Kier alpha value is -2.04. The molecule has 1 aliphatic rings. The van der Waals surface area contributed by atoms with E-state index in [9.17, 15) is 4.79 Å². The lowest BCUT2D eigenvalue weighted by molar-refractivity contribution is 0.0931. The molecule has 1 amide bonds. The van der Waals surface area contributed by atoms with E-state index in [0.29, 0.717) is 11.3 Å². The number of furan rings is 1. The molecular formula is C14H17N3O2. The predicted octanol–water partition coefficient (Wildman–Crippen LogP) is 2.13. The first kappa shape index (κ1) is 12.0. The van der Waals surface area contributed by atoms with Crippen LogP contribution in [0.25, 0.3) is 0 Å². The zero-order chi connectivity index (χ0) is 13.4. The van der Waals surface area contributed by atoms with Crippen molar-refractivity contribution in [1.29, 1.82) is 0 Å². The number of nitrogens with zero attached hydrogens (tertiary/aromatic N) is 2. The van der Waals surface area contributed by atoms with Crippen LogP contribution in [0.2, 0.25) is 0 Å². The first-order chi connectivity index (χ1) is 9.16. The summed E-state index contributed by atoms with van der Waals surface area (Å²) in [5.74, 6) is 0.577. The molecule has 100 valence electrons. The molecule has 0 saturated carbocycles. The zero-order valence-electron chi connectivity index (χ0n) is 11.1. The van der Waals surface area contributed by atoms with Crippen molar-refractivity contribution in [2.24, 2.45) is 7.05 Å². The van der Waals surface area contributed by atoms with E-state index in [1.807, 2.05) is 17.9 Å². The van der Waals surface area contributed by atoms with Gasteiger partial charge in [-0.15, -0.1) is 0 Å². The Kier molecular flexibility index (Phi) is 2.89. The van der Waals surface area contributed by atoms with Gasteiger partial charge in [0.1, 0.15) is 5.76 Å². The van der Waals surface area contributed by atoms with Crippen molar-refractivity contribution in [3.8, 4) is 0 Å². The van der Waals surface area contributed by atoms with Crippen molar-refractivity contribution in [2.75, 3.05) is 0 Å². The SMILES string of the molecule is Cc1occc1C(=O)NC1CCCc2c1cnn2C. The minimum absolute atomic E-state index is 0.0549. The molecule has 0 spiro atoms. The highest BCUT2D eigenvalue weighted by atomic mass is 16.3. The van der Waals surface area contributed by atoms with Crippen LogP contribution in [0, 0.1) is 6.92 Å². The van der Waals surface area contributed by atoms with Crippen LogP contribution in [0.1, 0.15) is 46.3 Å². The van der Waals surface area contributed by atoms with Gasteiger partial charge in [-0.05, 0) is 32.3 Å². The Bertz CT molecular complexity index is 612. The monoisotopic (exact) mass is 259 g/mol. The molecule has 5 nitrogen and oxygen atoms in total. The highest BCUT2D eigenvalue weighted by Gasteiger charge is 2.25. The molecule has 1 N–H and O–H groups in total. The van der Waals surface area contributed by atoms with Gasteiger partial charge in [-0.2, -0.15) is 5.10 Å². The smallest absolute Gasteiger partial charge is 0.255 e. The van der Waals surface area contributed by atoms with E-state index in [4.69, 9.17) is 4.42 Å². The molecule has 19 heavy (non-hydrogen) atoms. The Labute approximate surface area is 111 Å². The predicted molar refractivity (Wildman–Crippen MR) is 69.8 cm³/mol. The van der Waals surface area contributed by atoms with Crippen LogP contribution >= 0.6 is 0 Å². The summed E-state index contributed by atoms with van der Waals surface area (Å²) in [6.45, 7) is 1.80. The highest BCUT2D eigenvalue weighted by Crippen LogP contribution is 2.29. The third kappa shape index (κ3) is 2.05. The molecule has 2 aromatic heterocycles. The number of hydrogen-bond acceptors (Lipinski definition) is 3. The molecule has 0 fully saturated rings. The maximum atomic E-state index is 12.2. The van der Waals surface area contributed by atoms with Crippen LogP contribution in [0.4, 0.5) is 0 Å². The van der Waals surface area contributed by atoms with Crippen molar-refractivity contribution in [3.63, 3.8) is 0 Å². The molecule has 0 bridgehead atoms. The average molecular weight is 259 g/mol. The van der Waals surface area contributed by atoms with E-state index in [1.54, 1.807) is 19.3 Å². The number of amides is 1. The quantitative estimate of drug-likeness (QED) is 0.898. The van der Waals surface area contributed by atoms with E-state index < -0.39 is 0 Å². The van der Waals surface area contributed by atoms with Crippen LogP contribution in [0.3, 0.4) is 0 Å². The highest BCUT2D eigenvalue weighted by molar-refractivity contribution is 5.95. The molecule has 5 heteroatoms. The summed E-state index contributed by atoms with van der Waals surface area (Å²) in [5, 5.41) is 7.36. The number of aryl methyl sites for hydroxylation is 2. The standard InChI is InChI=1S/C14H17N3O2/c1-9-10(6-7-19-9)14(18)16-12-4-3-5-13-11(12)8-15-17(13)2/h6-8,12H,3-5H2,1-2H3,(H,16,18). The van der Waals surface area contributed by atoms with Gasteiger partial charge in [0, 0.05) is 18.3 Å². The fourth-order valence-corrected chi connectivity index (χ4v) is 2.71. The molecule has 1 aliphatic carbocycles. The number of nitrogens with one attached hydrogen (secondary N) is 1. The average Bonchev–Trinajstić information content (AvgIpc) is 2.97. The molecule has 2 heterocycles. The van der Waals surface area contributed by atoms with Crippen molar-refractivity contribution < 1.29 is 9.21 Å². The molecule has 0 aromatic carbocycles. The Morgan fingerprint density at radius 3 is 3.16 bits per heavy atom. The number of carbonyl (C=O) groups is 1. The first-order valence-corrected chi connectivity index (χ1v) is 6.52. The molecule has 3 rings (SSSR count). The van der Waals surface area contributed by atoms with Crippen LogP contribution < -0.4 is 5.32 Å². The molecular weight excluding hydrogens is 242 g/mol. The molecule has 0 aliphatic heterocycles. The summed E-state index contributed by atoms with van der Waals surface area (Å²) in [6.07, 6.45) is 6.47. The molecule has 0 saturated heterocycles. The second-order valence-corrected chi connectivity index (χ2v) is 4.98.